The third-order valence-corrected chi connectivity index (χ3v) is 13.6. The molecule has 0 atom stereocenters. The molecule has 0 fully saturated rings. The minimum absolute atomic E-state index is 0.627. The lowest BCUT2D eigenvalue weighted by atomic mass is 10.0. The maximum absolute atomic E-state index is 5.17. The van der Waals surface area contributed by atoms with Crippen molar-refractivity contribution >= 4 is 109 Å². The van der Waals surface area contributed by atoms with E-state index in [1.807, 2.05) is 18.2 Å². The van der Waals surface area contributed by atoms with Crippen molar-refractivity contribution in [1.29, 1.82) is 0 Å². The second kappa shape index (κ2) is 15.2. The van der Waals surface area contributed by atoms with Crippen LogP contribution in [-0.2, 0) is 0 Å². The number of para-hydroxylation sites is 3. The monoisotopic (exact) mass is 865 g/mol. The Morgan fingerprint density at radius 3 is 1.34 bits per heavy atom. The zero-order chi connectivity index (χ0) is 44.7. The van der Waals surface area contributed by atoms with Crippen molar-refractivity contribution in [3.63, 3.8) is 0 Å². The van der Waals surface area contributed by atoms with E-state index in [4.69, 9.17) is 15.0 Å². The Balaban J connectivity index is 1.16. The summed E-state index contributed by atoms with van der Waals surface area (Å²) >= 11 is 0. The molecule has 68 heavy (non-hydrogen) atoms. The molecule has 0 aliphatic carbocycles. The van der Waals surface area contributed by atoms with Crippen LogP contribution in [0.15, 0.2) is 237 Å². The maximum atomic E-state index is 5.17. The molecule has 0 amide bonds. The second-order valence-electron chi connectivity index (χ2n) is 17.7. The normalized spacial score (nSPS) is 11.8. The van der Waals surface area contributed by atoms with Gasteiger partial charge in [0.1, 0.15) is 0 Å². The first-order valence-corrected chi connectivity index (χ1v) is 23.1. The molecule has 0 spiro atoms. The number of rotatable bonds is 3. The molecule has 12 bridgehead atoms. The lowest BCUT2D eigenvalue weighted by Gasteiger charge is -2.11. The van der Waals surface area contributed by atoms with Crippen molar-refractivity contribution in [3.05, 3.63) is 237 Å². The predicted molar refractivity (Wildman–Crippen MR) is 285 cm³/mol. The van der Waals surface area contributed by atoms with Crippen molar-refractivity contribution in [2.24, 2.45) is 0 Å². The lowest BCUT2D eigenvalue weighted by Crippen LogP contribution is -1.95. The van der Waals surface area contributed by atoms with E-state index < -0.39 is 0 Å². The van der Waals surface area contributed by atoms with Crippen molar-refractivity contribution in [2.75, 3.05) is 0 Å². The van der Waals surface area contributed by atoms with Gasteiger partial charge in [0.25, 0.3) is 0 Å². The van der Waals surface area contributed by atoms with Crippen LogP contribution < -0.4 is 0 Å². The van der Waals surface area contributed by atoms with Crippen LogP contribution in [0, 0.1) is 0 Å². The Morgan fingerprint density at radius 1 is 0.250 bits per heavy atom. The van der Waals surface area contributed by atoms with Gasteiger partial charge in [-0.15, -0.1) is 0 Å². The Labute approximate surface area is 390 Å². The molecule has 0 saturated heterocycles. The minimum atomic E-state index is 0.627. The topological polar surface area (TPSA) is 48.5 Å². The van der Waals surface area contributed by atoms with Crippen LogP contribution in [-0.4, -0.2) is 24.1 Å². The average molecular weight is 866 g/mol. The number of aromatic nitrogens is 5. The van der Waals surface area contributed by atoms with Gasteiger partial charge in [-0.1, -0.05) is 158 Å². The van der Waals surface area contributed by atoms with E-state index >= 15 is 0 Å². The van der Waals surface area contributed by atoms with Crippen molar-refractivity contribution in [2.45, 2.75) is 0 Å². The summed E-state index contributed by atoms with van der Waals surface area (Å²) in [7, 11) is 0. The predicted octanol–water partition coefficient (Wildman–Crippen LogP) is 16.3. The Bertz CT molecular complexity index is 4440. The molecule has 4 heterocycles. The van der Waals surface area contributed by atoms with Gasteiger partial charge in [0.2, 0.25) is 0 Å². The zero-order valence-corrected chi connectivity index (χ0v) is 36.8. The van der Waals surface area contributed by atoms with E-state index in [2.05, 4.69) is 228 Å². The lowest BCUT2D eigenvalue weighted by molar-refractivity contribution is 1.17. The molecule has 316 valence electrons. The molecule has 0 aliphatic rings. The van der Waals surface area contributed by atoms with Crippen LogP contribution in [0.4, 0.5) is 0 Å². The SMILES string of the molecule is c1ccc(-c2nc3nc(n2)c2cccc(c2)c2cccc(c2)c2cc(cc4c5cc(-n6c7ccccc7c7ccccc76)ccc5n(-c5ccccc5)c24)c2cccc(c2)c2cccc3c2)cc1. The summed E-state index contributed by atoms with van der Waals surface area (Å²) in [5, 5.41) is 15.6. The second-order valence-corrected chi connectivity index (χ2v) is 17.7. The number of nitrogens with zero attached hydrogens (tertiary/aromatic N) is 5. The molecule has 0 N–H and O–H groups in total. The molecular weight excluding hydrogens is 827 g/mol. The fourth-order valence-corrected chi connectivity index (χ4v) is 10.5. The fourth-order valence-electron chi connectivity index (χ4n) is 10.5. The standard InChI is InChI=1S/C63H39N5/c1-3-15-40(16-4-1)61-64-62-47-23-13-19-43(35-47)41-17-11-21-45(33-41)49-37-54(46-22-12-18-42(34-46)44-20-14-24-48(36-44)63(65-61)66-62)60-56(38-49)55-39-51(31-32-59(55)68(60)50-25-5-2-6-26-50)67-57-29-9-7-27-52(57)53-28-8-10-30-58(53)67/h1-39H. The fraction of sp³-hybridized carbons (Fsp3) is 0. The van der Waals surface area contributed by atoms with Crippen molar-refractivity contribution in [1.82, 2.24) is 24.1 Å². The van der Waals surface area contributed by atoms with Gasteiger partial charge in [-0.2, -0.15) is 0 Å². The van der Waals surface area contributed by atoms with Gasteiger partial charge in [-0.05, 0) is 117 Å². The smallest absolute Gasteiger partial charge is 0.164 e. The van der Waals surface area contributed by atoms with E-state index in [1.54, 1.807) is 0 Å². The summed E-state index contributed by atoms with van der Waals surface area (Å²) in [5.74, 6) is 0.637. The molecule has 0 aliphatic heterocycles. The number of hydrogen-bond donors (Lipinski definition) is 0. The van der Waals surface area contributed by atoms with E-state index in [0.29, 0.717) is 17.1 Å². The van der Waals surface area contributed by atoms with Crippen molar-refractivity contribution in [3.8, 4) is 22.8 Å². The molecule has 4 aromatic heterocycles. The summed E-state index contributed by atoms with van der Waals surface area (Å²) in [5.41, 5.74) is 9.11. The molecule has 5 heteroatoms. The van der Waals surface area contributed by atoms with Gasteiger partial charge in [0, 0.05) is 54.6 Å². The highest BCUT2D eigenvalue weighted by molar-refractivity contribution is 6.22. The quantitative estimate of drug-likeness (QED) is 0.178. The minimum Gasteiger partial charge on any atom is -0.309 e. The van der Waals surface area contributed by atoms with E-state index in [0.717, 1.165) is 81.8 Å². The molecule has 10 aromatic carbocycles. The van der Waals surface area contributed by atoms with Crippen LogP contribution in [0.2, 0.25) is 0 Å². The van der Waals surface area contributed by atoms with Crippen LogP contribution in [0.5, 0.6) is 0 Å². The summed E-state index contributed by atoms with van der Waals surface area (Å²) in [4.78, 5) is 15.4. The van der Waals surface area contributed by atoms with Crippen LogP contribution in [0.1, 0.15) is 0 Å². The molecule has 14 rings (SSSR count). The number of hydrogen-bond acceptors (Lipinski definition) is 3. The van der Waals surface area contributed by atoms with Crippen LogP contribution >= 0.6 is 0 Å². The molecule has 14 aromatic rings. The highest BCUT2D eigenvalue weighted by Crippen LogP contribution is 2.41. The molecular formula is C63H39N5. The Kier molecular flexibility index (Phi) is 8.52. The van der Waals surface area contributed by atoms with Gasteiger partial charge < -0.3 is 9.13 Å². The highest BCUT2D eigenvalue weighted by atomic mass is 15.0. The average Bonchev–Trinajstić information content (AvgIpc) is 3.93. The zero-order valence-electron chi connectivity index (χ0n) is 36.8. The summed E-state index contributed by atoms with van der Waals surface area (Å²) < 4.78 is 4.88. The third-order valence-electron chi connectivity index (χ3n) is 13.6. The van der Waals surface area contributed by atoms with E-state index in [9.17, 15) is 0 Å². The molecule has 0 saturated carbocycles. The first-order chi connectivity index (χ1) is 33.7. The first-order valence-electron chi connectivity index (χ1n) is 23.1. The summed E-state index contributed by atoms with van der Waals surface area (Å²) in [6, 6.07) is 85.4. The third kappa shape index (κ3) is 6.14. The van der Waals surface area contributed by atoms with Gasteiger partial charge in [0.15, 0.2) is 17.1 Å². The van der Waals surface area contributed by atoms with Gasteiger partial charge in [-0.25, -0.2) is 15.0 Å². The number of benzene rings is 10. The van der Waals surface area contributed by atoms with Crippen LogP contribution in [0.25, 0.3) is 132 Å². The summed E-state index contributed by atoms with van der Waals surface area (Å²) in [6.07, 6.45) is 0. The van der Waals surface area contributed by atoms with Gasteiger partial charge in [0.05, 0.1) is 22.1 Å². The molecule has 5 nitrogen and oxygen atoms in total. The molecule has 0 radical (unpaired) electrons. The summed E-state index contributed by atoms with van der Waals surface area (Å²) in [6.45, 7) is 0. The van der Waals surface area contributed by atoms with Crippen LogP contribution in [0.3, 0.4) is 0 Å². The maximum Gasteiger partial charge on any atom is 0.164 e. The largest absolute Gasteiger partial charge is 0.309 e. The van der Waals surface area contributed by atoms with Crippen molar-refractivity contribution < 1.29 is 0 Å². The first kappa shape index (κ1) is 38.1. The highest BCUT2D eigenvalue weighted by Gasteiger charge is 2.19. The van der Waals surface area contributed by atoms with Gasteiger partial charge in [-0.3, -0.25) is 0 Å². The number of fused-ring (bicyclic) bond motifs is 25. The van der Waals surface area contributed by atoms with E-state index in [-0.39, 0.29) is 0 Å². The van der Waals surface area contributed by atoms with E-state index in [1.165, 1.54) is 32.6 Å². The van der Waals surface area contributed by atoms with Gasteiger partial charge >= 0.3 is 0 Å². The Hall–Kier alpha value is -9.19. The Morgan fingerprint density at radius 2 is 0.721 bits per heavy atom. The molecule has 0 unspecified atom stereocenters.